The SMILES string of the molecule is COP(=O)(CC(=O)OCC(F)(F)F)OC. The third-order valence-electron chi connectivity index (χ3n) is 1.28. The summed E-state index contributed by atoms with van der Waals surface area (Å²) in [7, 11) is -1.63. The van der Waals surface area contributed by atoms with Crippen LogP contribution in [0.4, 0.5) is 13.2 Å². The van der Waals surface area contributed by atoms with E-state index in [9.17, 15) is 22.5 Å². The van der Waals surface area contributed by atoms with Gasteiger partial charge >= 0.3 is 19.7 Å². The first-order chi connectivity index (χ1) is 6.72. The molecule has 0 atom stereocenters. The average molecular weight is 250 g/mol. The molecule has 0 rings (SSSR count). The minimum atomic E-state index is -4.61. The maximum Gasteiger partial charge on any atom is 0.422 e. The fourth-order valence-electron chi connectivity index (χ4n) is 0.570. The molecule has 0 fully saturated rings. The molecule has 0 amide bonds. The first kappa shape index (κ1) is 14.4. The molecule has 0 heterocycles. The Bertz CT molecular complexity index is 256. The van der Waals surface area contributed by atoms with Crippen molar-refractivity contribution in [1.29, 1.82) is 0 Å². The number of hydrogen-bond acceptors (Lipinski definition) is 5. The zero-order chi connectivity index (χ0) is 12.1. The smallest absolute Gasteiger partial charge is 0.422 e. The van der Waals surface area contributed by atoms with Crippen molar-refractivity contribution < 1.29 is 36.3 Å². The summed E-state index contributed by atoms with van der Waals surface area (Å²) < 4.78 is 58.6. The molecule has 5 nitrogen and oxygen atoms in total. The lowest BCUT2D eigenvalue weighted by atomic mass is 10.7. The molecule has 90 valence electrons. The van der Waals surface area contributed by atoms with Crippen LogP contribution in [0.1, 0.15) is 0 Å². The van der Waals surface area contributed by atoms with E-state index in [1.165, 1.54) is 0 Å². The second kappa shape index (κ2) is 5.48. The van der Waals surface area contributed by atoms with Crippen LogP contribution >= 0.6 is 7.60 Å². The number of esters is 1. The van der Waals surface area contributed by atoms with Crippen LogP contribution in [0.5, 0.6) is 0 Å². The van der Waals surface area contributed by atoms with E-state index in [1.54, 1.807) is 0 Å². The van der Waals surface area contributed by atoms with E-state index in [0.717, 1.165) is 14.2 Å². The van der Waals surface area contributed by atoms with Crippen LogP contribution in [0, 0.1) is 0 Å². The second-order valence-corrected chi connectivity index (χ2v) is 4.68. The predicted molar refractivity (Wildman–Crippen MR) is 43.5 cm³/mol. The number of carbonyl (C=O) groups excluding carboxylic acids is 1. The van der Waals surface area contributed by atoms with Gasteiger partial charge in [0.25, 0.3) is 0 Å². The highest BCUT2D eigenvalue weighted by Crippen LogP contribution is 2.46. The molecule has 9 heteroatoms. The third-order valence-corrected chi connectivity index (χ3v) is 3.03. The van der Waals surface area contributed by atoms with Crippen molar-refractivity contribution in [1.82, 2.24) is 0 Å². The summed E-state index contributed by atoms with van der Waals surface area (Å²) >= 11 is 0. The molecule has 0 aliphatic heterocycles. The van der Waals surface area contributed by atoms with Gasteiger partial charge in [0.15, 0.2) is 6.61 Å². The van der Waals surface area contributed by atoms with Crippen LogP contribution in [-0.2, 0) is 23.1 Å². The fourth-order valence-corrected chi connectivity index (χ4v) is 1.38. The highest BCUT2D eigenvalue weighted by atomic mass is 31.2. The summed E-state index contributed by atoms with van der Waals surface area (Å²) in [4.78, 5) is 10.8. The number of carbonyl (C=O) groups is 1. The van der Waals surface area contributed by atoms with Gasteiger partial charge in [0.05, 0.1) is 0 Å². The monoisotopic (exact) mass is 250 g/mol. The molecule has 0 aliphatic rings. The van der Waals surface area contributed by atoms with Crippen molar-refractivity contribution >= 4 is 13.6 Å². The summed E-state index contributed by atoms with van der Waals surface area (Å²) in [6, 6.07) is 0. The molecule has 0 bridgehead atoms. The van der Waals surface area contributed by atoms with Crippen molar-refractivity contribution in [3.63, 3.8) is 0 Å². The van der Waals surface area contributed by atoms with Crippen molar-refractivity contribution in [2.45, 2.75) is 6.18 Å². The maximum atomic E-state index is 11.6. The molecule has 0 radical (unpaired) electrons. The van der Waals surface area contributed by atoms with E-state index in [-0.39, 0.29) is 0 Å². The van der Waals surface area contributed by atoms with Gasteiger partial charge in [-0.3, -0.25) is 9.36 Å². The van der Waals surface area contributed by atoms with Gasteiger partial charge in [0.2, 0.25) is 0 Å². The molecule has 0 aliphatic carbocycles. The van der Waals surface area contributed by atoms with Gasteiger partial charge in [-0.15, -0.1) is 0 Å². The molecule has 15 heavy (non-hydrogen) atoms. The molecule has 0 unspecified atom stereocenters. The van der Waals surface area contributed by atoms with E-state index in [1.807, 2.05) is 0 Å². The number of alkyl halides is 3. The Labute approximate surface area is 84.0 Å². The van der Waals surface area contributed by atoms with E-state index < -0.39 is 32.5 Å². The zero-order valence-electron chi connectivity index (χ0n) is 8.04. The predicted octanol–water partition coefficient (Wildman–Crippen LogP) is 1.58. The minimum absolute atomic E-state index is 0.851. The first-order valence-electron chi connectivity index (χ1n) is 3.65. The van der Waals surface area contributed by atoms with E-state index in [0.29, 0.717) is 0 Å². The van der Waals surface area contributed by atoms with Crippen molar-refractivity contribution in [3.05, 3.63) is 0 Å². The quantitative estimate of drug-likeness (QED) is 0.547. The molecule has 0 N–H and O–H groups in total. The highest BCUT2D eigenvalue weighted by molar-refractivity contribution is 7.54. The largest absolute Gasteiger partial charge is 0.456 e. The molecular weight excluding hydrogens is 240 g/mol. The van der Waals surface area contributed by atoms with Crippen LogP contribution in [0.3, 0.4) is 0 Å². The van der Waals surface area contributed by atoms with Gasteiger partial charge in [-0.2, -0.15) is 13.2 Å². The molecule has 0 aromatic rings. The standard InChI is InChI=1S/C6H10F3O5P/c1-12-15(11,13-2)3-5(10)14-4-6(7,8)9/h3-4H2,1-2H3. The Morgan fingerprint density at radius 3 is 2.07 bits per heavy atom. The van der Waals surface area contributed by atoms with Gasteiger partial charge in [0.1, 0.15) is 6.16 Å². The lowest BCUT2D eigenvalue weighted by Crippen LogP contribution is -2.22. The lowest BCUT2D eigenvalue weighted by molar-refractivity contribution is -0.184. The van der Waals surface area contributed by atoms with Gasteiger partial charge in [-0.1, -0.05) is 0 Å². The van der Waals surface area contributed by atoms with E-state index in [4.69, 9.17) is 0 Å². The molecular formula is C6H10F3O5P. The van der Waals surface area contributed by atoms with Crippen molar-refractivity contribution in [2.75, 3.05) is 27.0 Å². The summed E-state index contributed by atoms with van der Waals surface area (Å²) in [5.74, 6) is -1.29. The average Bonchev–Trinajstić information content (AvgIpc) is 2.13. The van der Waals surface area contributed by atoms with E-state index in [2.05, 4.69) is 13.8 Å². The van der Waals surface area contributed by atoms with Gasteiger partial charge < -0.3 is 13.8 Å². The Morgan fingerprint density at radius 1 is 1.27 bits per heavy atom. The molecule has 0 saturated heterocycles. The first-order valence-corrected chi connectivity index (χ1v) is 5.38. The fraction of sp³-hybridized carbons (Fsp3) is 0.833. The van der Waals surface area contributed by atoms with Gasteiger partial charge in [0, 0.05) is 14.2 Å². The van der Waals surface area contributed by atoms with Crippen LogP contribution in [0.15, 0.2) is 0 Å². The number of rotatable bonds is 5. The van der Waals surface area contributed by atoms with Crippen molar-refractivity contribution in [2.24, 2.45) is 0 Å². The lowest BCUT2D eigenvalue weighted by Gasteiger charge is -2.13. The summed E-state index contributed by atoms with van der Waals surface area (Å²) in [6.45, 7) is -1.72. The normalized spacial score (nSPS) is 12.6. The zero-order valence-corrected chi connectivity index (χ0v) is 8.93. The number of hydrogen-bond donors (Lipinski definition) is 0. The number of halogens is 3. The Balaban J connectivity index is 4.10. The van der Waals surface area contributed by atoms with Crippen LogP contribution in [0.2, 0.25) is 0 Å². The van der Waals surface area contributed by atoms with Crippen LogP contribution in [-0.4, -0.2) is 39.1 Å². The molecule has 0 saturated carbocycles. The maximum absolute atomic E-state index is 11.6. The van der Waals surface area contributed by atoms with Gasteiger partial charge in [-0.25, -0.2) is 0 Å². The van der Waals surface area contributed by atoms with Crippen molar-refractivity contribution in [3.8, 4) is 0 Å². The van der Waals surface area contributed by atoms with Crippen LogP contribution < -0.4 is 0 Å². The Morgan fingerprint density at radius 2 is 1.73 bits per heavy atom. The molecule has 0 aromatic heterocycles. The summed E-state index contributed by atoms with van der Waals surface area (Å²) in [5, 5.41) is 0. The summed E-state index contributed by atoms with van der Waals surface area (Å²) in [6.07, 6.45) is -5.46. The minimum Gasteiger partial charge on any atom is -0.456 e. The Kier molecular flexibility index (Phi) is 5.27. The second-order valence-electron chi connectivity index (χ2n) is 2.41. The summed E-state index contributed by atoms with van der Waals surface area (Å²) in [5.41, 5.74) is 0. The highest BCUT2D eigenvalue weighted by Gasteiger charge is 2.32. The molecule has 0 aromatic carbocycles. The van der Waals surface area contributed by atoms with Crippen LogP contribution in [0.25, 0.3) is 0 Å². The van der Waals surface area contributed by atoms with Gasteiger partial charge in [-0.05, 0) is 0 Å². The Hall–Kier alpha value is -0.590. The third kappa shape index (κ3) is 6.48. The number of ether oxygens (including phenoxy) is 1. The topological polar surface area (TPSA) is 61.8 Å². The van der Waals surface area contributed by atoms with E-state index >= 15 is 0 Å². The molecule has 0 spiro atoms.